The first kappa shape index (κ1) is 13.5. The molecule has 14 heavy (non-hydrogen) atoms. The third-order valence-electron chi connectivity index (χ3n) is 2.32. The largest absolute Gasteiger partial charge is 0.378 e. The van der Waals surface area contributed by atoms with Gasteiger partial charge in [-0.15, -0.1) is 0 Å². The third-order valence-corrected chi connectivity index (χ3v) is 2.32. The Balaban J connectivity index is 3.88. The highest BCUT2D eigenvalue weighted by molar-refractivity contribution is 4.95. The van der Waals surface area contributed by atoms with Crippen molar-refractivity contribution < 1.29 is 0 Å². The van der Waals surface area contributed by atoms with E-state index in [1.54, 1.807) is 0 Å². The monoisotopic (exact) mass is 197 g/mol. The Kier molecular flexibility index (Phi) is 5.25. The van der Waals surface area contributed by atoms with Gasteiger partial charge in [-0.1, -0.05) is 41.2 Å². The number of nitrogens with zero attached hydrogens (tertiary/aromatic N) is 1. The van der Waals surface area contributed by atoms with E-state index in [2.05, 4.69) is 53.1 Å². The van der Waals surface area contributed by atoms with Crippen LogP contribution < -0.4 is 0 Å². The molecule has 0 aromatic carbocycles. The molecule has 84 valence electrons. The minimum Gasteiger partial charge on any atom is -0.378 e. The number of rotatable bonds is 5. The second-order valence-electron chi connectivity index (χ2n) is 5.91. The van der Waals surface area contributed by atoms with Crippen LogP contribution in [0.15, 0.2) is 12.3 Å². The summed E-state index contributed by atoms with van der Waals surface area (Å²) in [6.07, 6.45) is 2.33. The fourth-order valence-electron chi connectivity index (χ4n) is 1.36. The lowest BCUT2D eigenvalue weighted by molar-refractivity contribution is 0.314. The van der Waals surface area contributed by atoms with Gasteiger partial charge in [0, 0.05) is 19.3 Å². The summed E-state index contributed by atoms with van der Waals surface area (Å²) in [5.74, 6) is 0.778. The zero-order chi connectivity index (χ0) is 11.4. The molecule has 0 aromatic rings. The average Bonchev–Trinajstić information content (AvgIpc) is 1.96. The minimum atomic E-state index is 0.350. The molecule has 0 atom stereocenters. The minimum absolute atomic E-state index is 0.350. The predicted molar refractivity (Wildman–Crippen MR) is 65.3 cm³/mol. The van der Waals surface area contributed by atoms with Gasteiger partial charge in [0.1, 0.15) is 0 Å². The maximum Gasteiger partial charge on any atom is 0.0174 e. The second kappa shape index (κ2) is 5.43. The van der Waals surface area contributed by atoms with Gasteiger partial charge in [-0.3, -0.25) is 0 Å². The molecule has 0 bridgehead atoms. The topological polar surface area (TPSA) is 3.24 Å². The predicted octanol–water partition coefficient (Wildman–Crippen LogP) is 3.91. The highest BCUT2D eigenvalue weighted by atomic mass is 15.1. The van der Waals surface area contributed by atoms with Gasteiger partial charge in [0.2, 0.25) is 0 Å². The Morgan fingerprint density at radius 1 is 1.29 bits per heavy atom. The molecule has 0 aliphatic rings. The van der Waals surface area contributed by atoms with E-state index in [0.717, 1.165) is 18.9 Å². The maximum atomic E-state index is 4.14. The number of allylic oxidation sites excluding steroid dienone is 1. The van der Waals surface area contributed by atoms with E-state index >= 15 is 0 Å². The zero-order valence-electron chi connectivity index (χ0n) is 10.9. The van der Waals surface area contributed by atoms with E-state index in [0.29, 0.717) is 5.41 Å². The van der Waals surface area contributed by atoms with Crippen molar-refractivity contribution in [2.24, 2.45) is 11.3 Å². The Bertz CT molecular complexity index is 174. The van der Waals surface area contributed by atoms with Crippen LogP contribution in [0.4, 0.5) is 0 Å². The summed E-state index contributed by atoms with van der Waals surface area (Å²) in [7, 11) is 2.15. The highest BCUT2D eigenvalue weighted by Crippen LogP contribution is 2.24. The van der Waals surface area contributed by atoms with Crippen LogP contribution in [-0.4, -0.2) is 18.5 Å². The van der Waals surface area contributed by atoms with E-state index < -0.39 is 0 Å². The summed E-state index contributed by atoms with van der Waals surface area (Å²) in [6, 6.07) is 0. The SMILES string of the molecule is C=C(CC(C)(C)C)N(C)CCC(C)C. The zero-order valence-corrected chi connectivity index (χ0v) is 10.9. The molecule has 1 heteroatoms. The molecule has 0 saturated heterocycles. The van der Waals surface area contributed by atoms with Crippen LogP contribution in [0.3, 0.4) is 0 Å². The molecule has 0 heterocycles. The second-order valence-corrected chi connectivity index (χ2v) is 5.91. The standard InChI is InChI=1S/C13H27N/c1-11(2)8-9-14(7)12(3)10-13(4,5)6/h11H,3,8-10H2,1-2,4-7H3. The third kappa shape index (κ3) is 6.99. The molecular formula is C13H27N. The van der Waals surface area contributed by atoms with Gasteiger partial charge in [-0.05, 0) is 24.2 Å². The van der Waals surface area contributed by atoms with E-state index in [1.807, 2.05) is 0 Å². The first-order chi connectivity index (χ1) is 6.22. The van der Waals surface area contributed by atoms with Gasteiger partial charge >= 0.3 is 0 Å². The Morgan fingerprint density at radius 2 is 1.79 bits per heavy atom. The van der Waals surface area contributed by atoms with Crippen molar-refractivity contribution in [2.45, 2.75) is 47.5 Å². The fourth-order valence-corrected chi connectivity index (χ4v) is 1.36. The molecule has 0 aliphatic carbocycles. The van der Waals surface area contributed by atoms with Gasteiger partial charge in [0.05, 0.1) is 0 Å². The molecular weight excluding hydrogens is 170 g/mol. The van der Waals surface area contributed by atoms with Crippen LogP contribution in [0.2, 0.25) is 0 Å². The van der Waals surface area contributed by atoms with E-state index in [1.165, 1.54) is 12.1 Å². The lowest BCUT2D eigenvalue weighted by Crippen LogP contribution is -2.22. The summed E-state index contributed by atoms with van der Waals surface area (Å²) in [5.41, 5.74) is 1.61. The summed E-state index contributed by atoms with van der Waals surface area (Å²) < 4.78 is 0. The molecule has 0 amide bonds. The lowest BCUT2D eigenvalue weighted by atomic mass is 9.90. The van der Waals surface area contributed by atoms with Crippen LogP contribution in [0.25, 0.3) is 0 Å². The van der Waals surface area contributed by atoms with Gasteiger partial charge in [-0.25, -0.2) is 0 Å². The average molecular weight is 197 g/mol. The summed E-state index contributed by atoms with van der Waals surface area (Å²) in [6.45, 7) is 16.6. The van der Waals surface area contributed by atoms with E-state index in [9.17, 15) is 0 Å². The lowest BCUT2D eigenvalue weighted by Gasteiger charge is -2.28. The number of hydrogen-bond acceptors (Lipinski definition) is 1. The van der Waals surface area contributed by atoms with Gasteiger partial charge < -0.3 is 4.90 Å². The molecule has 0 spiro atoms. The van der Waals surface area contributed by atoms with Crippen molar-refractivity contribution in [1.29, 1.82) is 0 Å². The molecule has 1 nitrogen and oxygen atoms in total. The molecule has 0 rings (SSSR count). The Morgan fingerprint density at radius 3 is 2.14 bits per heavy atom. The summed E-state index contributed by atoms with van der Waals surface area (Å²) in [5, 5.41) is 0. The van der Waals surface area contributed by atoms with Crippen LogP contribution in [0.1, 0.15) is 47.5 Å². The first-order valence-corrected chi connectivity index (χ1v) is 5.61. The van der Waals surface area contributed by atoms with Crippen molar-refractivity contribution in [2.75, 3.05) is 13.6 Å². The van der Waals surface area contributed by atoms with E-state index in [4.69, 9.17) is 0 Å². The number of hydrogen-bond donors (Lipinski definition) is 0. The van der Waals surface area contributed by atoms with Crippen molar-refractivity contribution in [3.63, 3.8) is 0 Å². The molecule has 0 saturated carbocycles. The molecule has 0 N–H and O–H groups in total. The van der Waals surface area contributed by atoms with Gasteiger partial charge in [0.25, 0.3) is 0 Å². The normalized spacial score (nSPS) is 11.9. The molecule has 0 radical (unpaired) electrons. The van der Waals surface area contributed by atoms with Crippen molar-refractivity contribution in [3.05, 3.63) is 12.3 Å². The molecule has 0 unspecified atom stereocenters. The molecule has 0 aromatic heterocycles. The van der Waals surface area contributed by atoms with E-state index in [-0.39, 0.29) is 0 Å². The van der Waals surface area contributed by atoms with Crippen LogP contribution in [-0.2, 0) is 0 Å². The van der Waals surface area contributed by atoms with Crippen molar-refractivity contribution >= 4 is 0 Å². The van der Waals surface area contributed by atoms with Crippen LogP contribution >= 0.6 is 0 Å². The van der Waals surface area contributed by atoms with Crippen molar-refractivity contribution in [1.82, 2.24) is 4.90 Å². The van der Waals surface area contributed by atoms with Crippen molar-refractivity contribution in [3.8, 4) is 0 Å². The first-order valence-electron chi connectivity index (χ1n) is 5.61. The maximum absolute atomic E-state index is 4.14. The summed E-state index contributed by atoms with van der Waals surface area (Å²) >= 11 is 0. The Labute approximate surface area is 90.2 Å². The highest BCUT2D eigenvalue weighted by Gasteiger charge is 2.14. The quantitative estimate of drug-likeness (QED) is 0.646. The summed E-state index contributed by atoms with van der Waals surface area (Å²) in [4.78, 5) is 2.30. The van der Waals surface area contributed by atoms with Crippen LogP contribution in [0, 0.1) is 11.3 Å². The van der Waals surface area contributed by atoms with Crippen LogP contribution in [0.5, 0.6) is 0 Å². The molecule has 0 aliphatic heterocycles. The fraction of sp³-hybridized carbons (Fsp3) is 0.846. The smallest absolute Gasteiger partial charge is 0.0174 e. The Hall–Kier alpha value is -0.460. The van der Waals surface area contributed by atoms with Gasteiger partial charge in [0.15, 0.2) is 0 Å². The molecule has 0 fully saturated rings. The van der Waals surface area contributed by atoms with Gasteiger partial charge in [-0.2, -0.15) is 0 Å².